The Labute approximate surface area is 113 Å². The third-order valence-corrected chi connectivity index (χ3v) is 3.80. The minimum atomic E-state index is -0.914. The predicted molar refractivity (Wildman–Crippen MR) is 71.0 cm³/mol. The third-order valence-electron chi connectivity index (χ3n) is 3.80. The Morgan fingerprint density at radius 3 is 2.53 bits per heavy atom. The zero-order valence-corrected chi connectivity index (χ0v) is 12.0. The van der Waals surface area contributed by atoms with Crippen LogP contribution in [0.5, 0.6) is 0 Å². The van der Waals surface area contributed by atoms with E-state index in [9.17, 15) is 9.59 Å². The first-order valence-electron chi connectivity index (χ1n) is 6.66. The van der Waals surface area contributed by atoms with Gasteiger partial charge in [-0.1, -0.05) is 13.8 Å². The van der Waals surface area contributed by atoms with E-state index >= 15 is 0 Å². The largest absolute Gasteiger partial charge is 0.481 e. The maximum Gasteiger partial charge on any atom is 0.315 e. The van der Waals surface area contributed by atoms with Crippen LogP contribution >= 0.6 is 0 Å². The summed E-state index contributed by atoms with van der Waals surface area (Å²) in [5.74, 6) is -0.852. The number of ether oxygens (including phenoxy) is 1. The number of carbonyl (C=O) groups excluding carboxylic acids is 1. The molecule has 3 atom stereocenters. The lowest BCUT2D eigenvalue weighted by Gasteiger charge is -2.30. The van der Waals surface area contributed by atoms with Gasteiger partial charge in [0.1, 0.15) is 0 Å². The molecule has 6 heteroatoms. The minimum absolute atomic E-state index is 0.0461. The lowest BCUT2D eigenvalue weighted by atomic mass is 9.95. The second kappa shape index (κ2) is 6.23. The Morgan fingerprint density at radius 2 is 2.11 bits per heavy atom. The summed E-state index contributed by atoms with van der Waals surface area (Å²) in [6.07, 6.45) is 0.635. The first kappa shape index (κ1) is 15.8. The van der Waals surface area contributed by atoms with E-state index in [0.717, 1.165) is 6.42 Å². The molecule has 6 nitrogen and oxygen atoms in total. The molecule has 1 saturated heterocycles. The second-order valence-electron chi connectivity index (χ2n) is 5.73. The van der Waals surface area contributed by atoms with Gasteiger partial charge in [-0.2, -0.15) is 0 Å². The fraction of sp³-hybridized carbons (Fsp3) is 0.846. The average Bonchev–Trinajstić information content (AvgIpc) is 2.57. The van der Waals surface area contributed by atoms with Crippen LogP contribution in [0.15, 0.2) is 0 Å². The molecule has 0 aromatic rings. The number of urea groups is 1. The van der Waals surface area contributed by atoms with Crippen LogP contribution in [0.25, 0.3) is 0 Å². The van der Waals surface area contributed by atoms with Crippen LogP contribution in [0, 0.1) is 5.92 Å². The molecule has 3 N–H and O–H groups in total. The molecule has 3 unspecified atom stereocenters. The maximum atomic E-state index is 12.0. The fourth-order valence-corrected chi connectivity index (χ4v) is 2.10. The average molecular weight is 272 g/mol. The van der Waals surface area contributed by atoms with Gasteiger partial charge in [-0.05, 0) is 26.2 Å². The standard InChI is InChI=1S/C13H24N2O4/c1-8(2)10(7-11(16)17)14-12(18)15-13(4)5-6-19-9(13)3/h8-10H,5-7H2,1-4H3,(H,16,17)(H2,14,15,18). The van der Waals surface area contributed by atoms with Gasteiger partial charge in [-0.25, -0.2) is 4.79 Å². The molecule has 1 aliphatic heterocycles. The lowest BCUT2D eigenvalue weighted by molar-refractivity contribution is -0.137. The zero-order valence-electron chi connectivity index (χ0n) is 12.0. The smallest absolute Gasteiger partial charge is 0.315 e. The van der Waals surface area contributed by atoms with E-state index in [-0.39, 0.29) is 30.5 Å². The number of hydrogen-bond acceptors (Lipinski definition) is 3. The zero-order chi connectivity index (χ0) is 14.6. The van der Waals surface area contributed by atoms with E-state index in [1.165, 1.54) is 0 Å². The molecular weight excluding hydrogens is 248 g/mol. The number of rotatable bonds is 5. The van der Waals surface area contributed by atoms with E-state index in [4.69, 9.17) is 9.84 Å². The maximum absolute atomic E-state index is 12.0. The molecule has 0 saturated carbocycles. The highest BCUT2D eigenvalue weighted by Crippen LogP contribution is 2.24. The van der Waals surface area contributed by atoms with Crippen molar-refractivity contribution in [1.29, 1.82) is 0 Å². The Kier molecular flexibility index (Phi) is 5.17. The Hall–Kier alpha value is -1.30. The van der Waals surface area contributed by atoms with Crippen molar-refractivity contribution in [2.75, 3.05) is 6.61 Å². The monoisotopic (exact) mass is 272 g/mol. The van der Waals surface area contributed by atoms with Gasteiger partial charge in [0.2, 0.25) is 0 Å². The summed E-state index contributed by atoms with van der Waals surface area (Å²) < 4.78 is 5.45. The number of carboxylic acid groups (broad SMARTS) is 1. The SMILES string of the molecule is CC(C)C(CC(=O)O)NC(=O)NC1(C)CCOC1C. The molecule has 0 radical (unpaired) electrons. The number of amides is 2. The molecule has 110 valence electrons. The normalized spacial score (nSPS) is 28.2. The summed E-state index contributed by atoms with van der Waals surface area (Å²) in [4.78, 5) is 22.7. The molecule has 0 aromatic carbocycles. The number of aliphatic carboxylic acids is 1. The van der Waals surface area contributed by atoms with Gasteiger partial charge < -0.3 is 20.5 Å². The van der Waals surface area contributed by atoms with Gasteiger partial charge >= 0.3 is 12.0 Å². The molecule has 2 amide bonds. The molecule has 1 rings (SSSR count). The van der Waals surface area contributed by atoms with Crippen LogP contribution < -0.4 is 10.6 Å². The predicted octanol–water partition coefficient (Wildman–Crippen LogP) is 1.35. The second-order valence-corrected chi connectivity index (χ2v) is 5.73. The van der Waals surface area contributed by atoms with Gasteiger partial charge in [0.25, 0.3) is 0 Å². The highest BCUT2D eigenvalue weighted by atomic mass is 16.5. The number of carboxylic acids is 1. The molecule has 0 bridgehead atoms. The van der Waals surface area contributed by atoms with Gasteiger partial charge in [0.15, 0.2) is 0 Å². The molecule has 0 aromatic heterocycles. The summed E-state index contributed by atoms with van der Waals surface area (Å²) in [6, 6.07) is -0.710. The van der Waals surface area contributed by atoms with Crippen LogP contribution in [0.3, 0.4) is 0 Å². The summed E-state index contributed by atoms with van der Waals surface area (Å²) in [6.45, 7) is 8.25. The van der Waals surface area contributed by atoms with Gasteiger partial charge in [0.05, 0.1) is 18.1 Å². The Bertz CT molecular complexity index is 346. The summed E-state index contributed by atoms with van der Waals surface area (Å²) in [5.41, 5.74) is -0.394. The fourth-order valence-electron chi connectivity index (χ4n) is 2.10. The van der Waals surface area contributed by atoms with Crippen molar-refractivity contribution in [2.24, 2.45) is 5.92 Å². The Morgan fingerprint density at radius 1 is 1.47 bits per heavy atom. The molecule has 0 aliphatic carbocycles. The van der Waals surface area contributed by atoms with Gasteiger partial charge in [-0.15, -0.1) is 0 Å². The van der Waals surface area contributed by atoms with Crippen molar-refractivity contribution in [2.45, 2.75) is 58.2 Å². The third kappa shape index (κ3) is 4.38. The quantitative estimate of drug-likeness (QED) is 0.705. The molecule has 1 aliphatic rings. The van der Waals surface area contributed by atoms with Crippen LogP contribution in [0.4, 0.5) is 4.79 Å². The number of hydrogen-bond donors (Lipinski definition) is 3. The van der Waals surface area contributed by atoms with E-state index in [0.29, 0.717) is 6.61 Å². The molecular formula is C13H24N2O4. The lowest BCUT2D eigenvalue weighted by Crippen LogP contribution is -2.56. The van der Waals surface area contributed by atoms with Crippen molar-refractivity contribution in [3.63, 3.8) is 0 Å². The minimum Gasteiger partial charge on any atom is -0.481 e. The first-order valence-corrected chi connectivity index (χ1v) is 6.66. The van der Waals surface area contributed by atoms with Gasteiger partial charge in [-0.3, -0.25) is 4.79 Å². The van der Waals surface area contributed by atoms with Crippen molar-refractivity contribution in [1.82, 2.24) is 10.6 Å². The highest BCUT2D eigenvalue weighted by molar-refractivity contribution is 5.76. The highest BCUT2D eigenvalue weighted by Gasteiger charge is 2.38. The topological polar surface area (TPSA) is 87.7 Å². The summed E-state index contributed by atoms with van der Waals surface area (Å²) in [5, 5.41) is 14.5. The van der Waals surface area contributed by atoms with Gasteiger partial charge in [0, 0.05) is 12.6 Å². The van der Waals surface area contributed by atoms with Crippen LogP contribution in [-0.4, -0.2) is 41.4 Å². The molecule has 19 heavy (non-hydrogen) atoms. The molecule has 1 heterocycles. The van der Waals surface area contributed by atoms with Crippen LogP contribution in [-0.2, 0) is 9.53 Å². The summed E-state index contributed by atoms with van der Waals surface area (Å²) in [7, 11) is 0. The van der Waals surface area contributed by atoms with Crippen molar-refractivity contribution in [3.05, 3.63) is 0 Å². The van der Waals surface area contributed by atoms with E-state index < -0.39 is 11.5 Å². The van der Waals surface area contributed by atoms with E-state index in [1.54, 1.807) is 0 Å². The van der Waals surface area contributed by atoms with E-state index in [2.05, 4.69) is 10.6 Å². The number of carbonyl (C=O) groups is 2. The van der Waals surface area contributed by atoms with E-state index in [1.807, 2.05) is 27.7 Å². The molecule has 0 spiro atoms. The number of nitrogens with one attached hydrogen (secondary N) is 2. The van der Waals surface area contributed by atoms with Crippen molar-refractivity contribution < 1.29 is 19.4 Å². The van der Waals surface area contributed by atoms with Crippen LogP contribution in [0.2, 0.25) is 0 Å². The van der Waals surface area contributed by atoms with Crippen molar-refractivity contribution >= 4 is 12.0 Å². The Balaban J connectivity index is 2.55. The first-order chi connectivity index (χ1) is 8.74. The van der Waals surface area contributed by atoms with Crippen LogP contribution in [0.1, 0.15) is 40.5 Å². The van der Waals surface area contributed by atoms with Crippen molar-refractivity contribution in [3.8, 4) is 0 Å². The molecule has 1 fully saturated rings. The summed E-state index contributed by atoms with van der Waals surface area (Å²) >= 11 is 0.